The standard InChI is InChI=1S/C10H13N3O3/c1-13(7-9(11)12-15)10(14)16-8-5-3-2-4-6-8/h2-6,15H,7H2,1H3,(H2,11,12). The molecular weight excluding hydrogens is 210 g/mol. The van der Waals surface area contributed by atoms with Crippen LogP contribution in [0.1, 0.15) is 0 Å². The number of carbonyl (C=O) groups excluding carboxylic acids is 1. The zero-order valence-electron chi connectivity index (χ0n) is 8.83. The van der Waals surface area contributed by atoms with E-state index < -0.39 is 6.09 Å². The van der Waals surface area contributed by atoms with Crippen molar-refractivity contribution >= 4 is 11.9 Å². The van der Waals surface area contributed by atoms with Gasteiger partial charge in [-0.1, -0.05) is 23.4 Å². The number of benzene rings is 1. The molecule has 0 atom stereocenters. The van der Waals surface area contributed by atoms with E-state index in [0.717, 1.165) is 0 Å². The van der Waals surface area contributed by atoms with E-state index >= 15 is 0 Å². The third kappa shape index (κ3) is 3.49. The maximum Gasteiger partial charge on any atom is 0.415 e. The third-order valence-corrected chi connectivity index (χ3v) is 1.79. The van der Waals surface area contributed by atoms with Crippen molar-refractivity contribution < 1.29 is 14.7 Å². The fourth-order valence-corrected chi connectivity index (χ4v) is 1.01. The van der Waals surface area contributed by atoms with Gasteiger partial charge in [0.2, 0.25) is 0 Å². The Labute approximate surface area is 92.9 Å². The minimum absolute atomic E-state index is 0.00215. The van der Waals surface area contributed by atoms with Gasteiger partial charge >= 0.3 is 6.09 Å². The van der Waals surface area contributed by atoms with E-state index in [9.17, 15) is 4.79 Å². The Hall–Kier alpha value is -2.24. The number of hydrogen-bond acceptors (Lipinski definition) is 4. The molecule has 0 aromatic heterocycles. The van der Waals surface area contributed by atoms with Gasteiger partial charge in [-0.25, -0.2) is 4.79 Å². The summed E-state index contributed by atoms with van der Waals surface area (Å²) in [6.07, 6.45) is -0.571. The highest BCUT2D eigenvalue weighted by atomic mass is 16.6. The van der Waals surface area contributed by atoms with E-state index in [1.807, 2.05) is 6.07 Å². The second-order valence-corrected chi connectivity index (χ2v) is 3.13. The number of likely N-dealkylation sites (N-methyl/N-ethyl adjacent to an activating group) is 1. The molecule has 0 fully saturated rings. The summed E-state index contributed by atoms with van der Waals surface area (Å²) in [6, 6.07) is 8.65. The van der Waals surface area contributed by atoms with E-state index in [0.29, 0.717) is 5.75 Å². The van der Waals surface area contributed by atoms with Crippen molar-refractivity contribution in [1.29, 1.82) is 0 Å². The quantitative estimate of drug-likeness (QED) is 0.344. The van der Waals surface area contributed by atoms with Crippen LogP contribution in [0.25, 0.3) is 0 Å². The van der Waals surface area contributed by atoms with E-state index in [2.05, 4.69) is 5.16 Å². The molecule has 0 aliphatic heterocycles. The number of ether oxygens (including phenoxy) is 1. The normalized spacial score (nSPS) is 10.9. The molecule has 0 saturated carbocycles. The SMILES string of the molecule is CN(CC(N)=NO)C(=O)Oc1ccccc1. The highest BCUT2D eigenvalue weighted by molar-refractivity contribution is 5.85. The van der Waals surface area contributed by atoms with Gasteiger partial charge in [-0.15, -0.1) is 0 Å². The molecule has 0 unspecified atom stereocenters. The largest absolute Gasteiger partial charge is 0.415 e. The highest BCUT2D eigenvalue weighted by Crippen LogP contribution is 2.09. The van der Waals surface area contributed by atoms with Gasteiger partial charge in [0.05, 0.1) is 6.54 Å². The van der Waals surface area contributed by atoms with Crippen molar-refractivity contribution in [1.82, 2.24) is 4.90 Å². The van der Waals surface area contributed by atoms with Crippen LogP contribution in [0.3, 0.4) is 0 Å². The van der Waals surface area contributed by atoms with Gasteiger partial charge in [-0.05, 0) is 12.1 Å². The molecule has 1 amide bonds. The smallest absolute Gasteiger partial charge is 0.410 e. The van der Waals surface area contributed by atoms with E-state index in [1.54, 1.807) is 24.3 Å². The molecule has 16 heavy (non-hydrogen) atoms. The fourth-order valence-electron chi connectivity index (χ4n) is 1.01. The third-order valence-electron chi connectivity index (χ3n) is 1.79. The first-order chi connectivity index (χ1) is 7.63. The van der Waals surface area contributed by atoms with Gasteiger partial charge < -0.3 is 20.6 Å². The molecule has 0 saturated heterocycles. The number of amides is 1. The van der Waals surface area contributed by atoms with Crippen molar-refractivity contribution in [2.45, 2.75) is 0 Å². The molecule has 0 aliphatic rings. The summed E-state index contributed by atoms with van der Waals surface area (Å²) in [7, 11) is 1.49. The van der Waals surface area contributed by atoms with Crippen molar-refractivity contribution in [2.24, 2.45) is 10.9 Å². The number of nitrogens with two attached hydrogens (primary N) is 1. The molecular formula is C10H13N3O3. The first kappa shape index (κ1) is 11.8. The average molecular weight is 223 g/mol. The average Bonchev–Trinajstić information content (AvgIpc) is 2.30. The van der Waals surface area contributed by atoms with Crippen LogP contribution in [-0.2, 0) is 0 Å². The fraction of sp³-hybridized carbons (Fsp3) is 0.200. The Balaban J connectivity index is 2.53. The number of carbonyl (C=O) groups is 1. The Kier molecular flexibility index (Phi) is 4.14. The lowest BCUT2D eigenvalue weighted by atomic mass is 10.3. The maximum atomic E-state index is 11.5. The van der Waals surface area contributed by atoms with Crippen LogP contribution in [0.4, 0.5) is 4.79 Å². The number of amidine groups is 1. The van der Waals surface area contributed by atoms with E-state index in [1.165, 1.54) is 11.9 Å². The Morgan fingerprint density at radius 1 is 1.50 bits per heavy atom. The Morgan fingerprint density at radius 2 is 2.12 bits per heavy atom. The van der Waals surface area contributed by atoms with Crippen LogP contribution in [-0.4, -0.2) is 35.6 Å². The molecule has 6 nitrogen and oxygen atoms in total. The first-order valence-electron chi connectivity index (χ1n) is 4.58. The molecule has 1 aromatic rings. The molecule has 0 radical (unpaired) electrons. The molecule has 1 rings (SSSR count). The van der Waals surface area contributed by atoms with Crippen molar-refractivity contribution in [3.63, 3.8) is 0 Å². The summed E-state index contributed by atoms with van der Waals surface area (Å²) in [5, 5.41) is 11.1. The van der Waals surface area contributed by atoms with Crippen LogP contribution in [0.2, 0.25) is 0 Å². The van der Waals surface area contributed by atoms with Crippen LogP contribution < -0.4 is 10.5 Å². The van der Waals surface area contributed by atoms with Crippen LogP contribution in [0.15, 0.2) is 35.5 Å². The summed E-state index contributed by atoms with van der Waals surface area (Å²) in [5.41, 5.74) is 5.26. The highest BCUT2D eigenvalue weighted by Gasteiger charge is 2.12. The topological polar surface area (TPSA) is 88.1 Å². The second-order valence-electron chi connectivity index (χ2n) is 3.13. The van der Waals surface area contributed by atoms with E-state index in [-0.39, 0.29) is 12.4 Å². The van der Waals surface area contributed by atoms with Crippen molar-refractivity contribution in [2.75, 3.05) is 13.6 Å². The molecule has 0 heterocycles. The maximum absolute atomic E-state index is 11.5. The Bertz CT molecular complexity index is 378. The number of oxime groups is 1. The minimum atomic E-state index is -0.571. The van der Waals surface area contributed by atoms with Gasteiger partial charge in [0, 0.05) is 7.05 Å². The predicted molar refractivity (Wildman–Crippen MR) is 58.5 cm³/mol. The zero-order chi connectivity index (χ0) is 12.0. The van der Waals surface area contributed by atoms with Crippen LogP contribution in [0.5, 0.6) is 5.75 Å². The zero-order valence-corrected chi connectivity index (χ0v) is 8.83. The summed E-state index contributed by atoms with van der Waals surface area (Å²) < 4.78 is 5.02. The molecule has 6 heteroatoms. The molecule has 1 aromatic carbocycles. The van der Waals surface area contributed by atoms with Crippen LogP contribution in [0, 0.1) is 0 Å². The number of nitrogens with zero attached hydrogens (tertiary/aromatic N) is 2. The number of hydrogen-bond donors (Lipinski definition) is 2. The minimum Gasteiger partial charge on any atom is -0.410 e. The Morgan fingerprint density at radius 3 is 2.69 bits per heavy atom. The summed E-state index contributed by atoms with van der Waals surface area (Å²) in [4.78, 5) is 12.7. The van der Waals surface area contributed by atoms with Crippen molar-refractivity contribution in [3.8, 4) is 5.75 Å². The van der Waals surface area contributed by atoms with Gasteiger partial charge in [0.25, 0.3) is 0 Å². The molecule has 0 bridgehead atoms. The summed E-state index contributed by atoms with van der Waals surface area (Å²) in [6.45, 7) is 0.00215. The molecule has 0 aliphatic carbocycles. The predicted octanol–water partition coefficient (Wildman–Crippen LogP) is 0.864. The lowest BCUT2D eigenvalue weighted by Crippen LogP contribution is -2.37. The first-order valence-corrected chi connectivity index (χ1v) is 4.58. The summed E-state index contributed by atoms with van der Waals surface area (Å²) in [5.74, 6) is 0.381. The van der Waals surface area contributed by atoms with Crippen LogP contribution >= 0.6 is 0 Å². The second kappa shape index (κ2) is 5.59. The number of rotatable bonds is 3. The lowest BCUT2D eigenvalue weighted by molar-refractivity contribution is 0.168. The van der Waals surface area contributed by atoms with Gasteiger partial charge in [-0.2, -0.15) is 0 Å². The summed E-state index contributed by atoms with van der Waals surface area (Å²) >= 11 is 0. The molecule has 86 valence electrons. The van der Waals surface area contributed by atoms with Crippen molar-refractivity contribution in [3.05, 3.63) is 30.3 Å². The monoisotopic (exact) mass is 223 g/mol. The number of para-hydroxylation sites is 1. The molecule has 0 spiro atoms. The lowest BCUT2D eigenvalue weighted by Gasteiger charge is -2.15. The van der Waals surface area contributed by atoms with Gasteiger partial charge in [0.15, 0.2) is 5.84 Å². The van der Waals surface area contributed by atoms with Gasteiger partial charge in [-0.3, -0.25) is 0 Å². The van der Waals surface area contributed by atoms with E-state index in [4.69, 9.17) is 15.7 Å². The van der Waals surface area contributed by atoms with Gasteiger partial charge in [0.1, 0.15) is 5.75 Å². The molecule has 3 N–H and O–H groups in total.